The lowest BCUT2D eigenvalue weighted by Crippen LogP contribution is -2.35. The minimum Gasteiger partial charge on any atom is -0.455 e. The quantitative estimate of drug-likeness (QED) is 0.606. The van der Waals surface area contributed by atoms with Gasteiger partial charge in [0.1, 0.15) is 5.76 Å². The van der Waals surface area contributed by atoms with Crippen molar-refractivity contribution >= 4 is 28.3 Å². The molecule has 1 N–H and O–H groups in total. The van der Waals surface area contributed by atoms with E-state index in [2.05, 4.69) is 24.1 Å². The van der Waals surface area contributed by atoms with Crippen molar-refractivity contribution in [2.75, 3.05) is 26.2 Å². The maximum atomic E-state index is 12.4. The number of nitrogens with one attached hydrogen (secondary N) is 1. The Hall–Kier alpha value is -1.63. The van der Waals surface area contributed by atoms with E-state index in [-0.39, 0.29) is 17.4 Å². The summed E-state index contributed by atoms with van der Waals surface area (Å²) in [5.74, 6) is 0.740. The Morgan fingerprint density at radius 1 is 1.07 bits per heavy atom. The highest BCUT2D eigenvalue weighted by Crippen LogP contribution is 2.17. The molecule has 1 amide bonds. The molecule has 0 saturated heterocycles. The third-order valence-electron chi connectivity index (χ3n) is 4.03. The Morgan fingerprint density at radius 3 is 2.37 bits per heavy atom. The number of furan rings is 1. The van der Waals surface area contributed by atoms with E-state index in [1.165, 1.54) is 0 Å². The molecular formula is C20H27ClN2O3S. The average Bonchev–Trinajstić information content (AvgIpc) is 3.11. The van der Waals surface area contributed by atoms with Gasteiger partial charge in [0, 0.05) is 23.0 Å². The fraction of sp³-hybridized carbons (Fsp3) is 0.450. The number of carbonyl (C=O) groups is 1. The first-order chi connectivity index (χ1) is 13.0. The Morgan fingerprint density at radius 2 is 1.74 bits per heavy atom. The summed E-state index contributed by atoms with van der Waals surface area (Å²) in [6.45, 7) is 7.77. The largest absolute Gasteiger partial charge is 0.455 e. The molecule has 0 bridgehead atoms. The summed E-state index contributed by atoms with van der Waals surface area (Å²) < 4.78 is 17.9. The molecule has 148 valence electrons. The lowest BCUT2D eigenvalue weighted by Gasteiger charge is -2.20. The Labute approximate surface area is 168 Å². The van der Waals surface area contributed by atoms with Gasteiger partial charge in [-0.2, -0.15) is 0 Å². The van der Waals surface area contributed by atoms with Crippen LogP contribution in [0.1, 0.15) is 43.0 Å². The van der Waals surface area contributed by atoms with E-state index >= 15 is 0 Å². The number of amides is 1. The van der Waals surface area contributed by atoms with Gasteiger partial charge in [0.25, 0.3) is 5.91 Å². The van der Waals surface area contributed by atoms with Crippen molar-refractivity contribution in [2.45, 2.75) is 37.3 Å². The first kappa shape index (κ1) is 21.7. The van der Waals surface area contributed by atoms with Crippen LogP contribution in [0.3, 0.4) is 0 Å². The van der Waals surface area contributed by atoms with Gasteiger partial charge >= 0.3 is 0 Å². The van der Waals surface area contributed by atoms with Crippen LogP contribution >= 0.6 is 11.6 Å². The SMILES string of the molecule is CCCN(CCC)CCNC(=O)c1ccc(CS(=O)c2ccc(Cl)cc2)o1. The van der Waals surface area contributed by atoms with E-state index in [0.29, 0.717) is 22.2 Å². The van der Waals surface area contributed by atoms with E-state index in [1.807, 2.05) is 0 Å². The van der Waals surface area contributed by atoms with Crippen LogP contribution < -0.4 is 5.32 Å². The summed E-state index contributed by atoms with van der Waals surface area (Å²) in [6, 6.07) is 10.2. The minimum absolute atomic E-state index is 0.218. The second kappa shape index (κ2) is 11.3. The first-order valence-corrected chi connectivity index (χ1v) is 11.0. The van der Waals surface area contributed by atoms with Crippen molar-refractivity contribution in [1.82, 2.24) is 10.2 Å². The molecule has 1 atom stereocenters. The van der Waals surface area contributed by atoms with E-state index in [9.17, 15) is 9.00 Å². The number of rotatable bonds is 11. The molecule has 0 saturated carbocycles. The predicted octanol–water partition coefficient (Wildman–Crippen LogP) is 4.09. The lowest BCUT2D eigenvalue weighted by molar-refractivity contribution is 0.0919. The normalized spacial score (nSPS) is 12.3. The molecule has 0 aliphatic carbocycles. The van der Waals surface area contributed by atoms with Crippen molar-refractivity contribution in [3.63, 3.8) is 0 Å². The third kappa shape index (κ3) is 7.13. The van der Waals surface area contributed by atoms with Crippen LogP contribution in [0, 0.1) is 0 Å². The lowest BCUT2D eigenvalue weighted by atomic mass is 10.3. The Kier molecular flexibility index (Phi) is 9.04. The Bertz CT molecular complexity index is 740. The molecule has 0 fully saturated rings. The van der Waals surface area contributed by atoms with Gasteiger partial charge in [-0.25, -0.2) is 0 Å². The zero-order valence-corrected chi connectivity index (χ0v) is 17.4. The molecule has 5 nitrogen and oxygen atoms in total. The maximum Gasteiger partial charge on any atom is 0.287 e. The van der Waals surface area contributed by atoms with Crippen molar-refractivity contribution < 1.29 is 13.4 Å². The van der Waals surface area contributed by atoms with Crippen LogP contribution in [0.2, 0.25) is 5.02 Å². The second-order valence-corrected chi connectivity index (χ2v) is 8.19. The van der Waals surface area contributed by atoms with E-state index in [1.54, 1.807) is 36.4 Å². The molecule has 1 heterocycles. The molecule has 1 unspecified atom stereocenters. The number of hydrogen-bond acceptors (Lipinski definition) is 4. The van der Waals surface area contributed by atoms with Crippen LogP contribution in [-0.2, 0) is 16.6 Å². The van der Waals surface area contributed by atoms with Gasteiger partial charge in [-0.05, 0) is 62.3 Å². The zero-order valence-electron chi connectivity index (χ0n) is 15.9. The monoisotopic (exact) mass is 410 g/mol. The molecule has 1 aromatic heterocycles. The van der Waals surface area contributed by atoms with Crippen LogP contribution in [0.15, 0.2) is 45.7 Å². The summed E-state index contributed by atoms with van der Waals surface area (Å²) in [7, 11) is -1.25. The summed E-state index contributed by atoms with van der Waals surface area (Å²) >= 11 is 5.85. The van der Waals surface area contributed by atoms with Gasteiger partial charge < -0.3 is 14.6 Å². The van der Waals surface area contributed by atoms with E-state index < -0.39 is 10.8 Å². The summed E-state index contributed by atoms with van der Waals surface area (Å²) in [5.41, 5.74) is 0. The fourth-order valence-corrected chi connectivity index (χ4v) is 3.90. The number of halogens is 1. The molecule has 7 heteroatoms. The average molecular weight is 411 g/mol. The van der Waals surface area contributed by atoms with Gasteiger partial charge in [0.05, 0.1) is 16.6 Å². The second-order valence-electron chi connectivity index (χ2n) is 6.31. The van der Waals surface area contributed by atoms with Gasteiger partial charge in [-0.3, -0.25) is 9.00 Å². The van der Waals surface area contributed by atoms with E-state index in [0.717, 1.165) is 32.5 Å². The number of nitrogens with zero attached hydrogens (tertiary/aromatic N) is 1. The third-order valence-corrected chi connectivity index (χ3v) is 5.63. The van der Waals surface area contributed by atoms with Gasteiger partial charge in [0.2, 0.25) is 0 Å². The molecule has 2 rings (SSSR count). The van der Waals surface area contributed by atoms with Crippen molar-refractivity contribution in [1.29, 1.82) is 0 Å². The van der Waals surface area contributed by atoms with Crippen LogP contribution in [0.5, 0.6) is 0 Å². The number of carbonyl (C=O) groups excluding carboxylic acids is 1. The molecule has 0 radical (unpaired) electrons. The number of hydrogen-bond donors (Lipinski definition) is 1. The highest BCUT2D eigenvalue weighted by molar-refractivity contribution is 7.84. The van der Waals surface area contributed by atoms with Crippen molar-refractivity contribution in [3.8, 4) is 0 Å². The predicted molar refractivity (Wildman–Crippen MR) is 110 cm³/mol. The molecule has 0 spiro atoms. The minimum atomic E-state index is -1.25. The van der Waals surface area contributed by atoms with Crippen LogP contribution in [0.4, 0.5) is 0 Å². The van der Waals surface area contributed by atoms with Gasteiger partial charge in [-0.15, -0.1) is 0 Å². The zero-order chi connectivity index (χ0) is 19.6. The van der Waals surface area contributed by atoms with Gasteiger partial charge in [0.15, 0.2) is 5.76 Å². The molecular weight excluding hydrogens is 384 g/mol. The van der Waals surface area contributed by atoms with E-state index in [4.69, 9.17) is 16.0 Å². The van der Waals surface area contributed by atoms with Gasteiger partial charge in [-0.1, -0.05) is 25.4 Å². The topological polar surface area (TPSA) is 62.6 Å². The van der Waals surface area contributed by atoms with Crippen molar-refractivity contribution in [3.05, 3.63) is 52.9 Å². The number of benzene rings is 1. The standard InChI is InChI=1S/C20H27ClN2O3S/c1-3-12-23(13-4-2)14-11-22-20(24)19-10-7-17(26-19)15-27(25)18-8-5-16(21)6-9-18/h5-10H,3-4,11-15H2,1-2H3,(H,22,24). The molecule has 27 heavy (non-hydrogen) atoms. The summed E-state index contributed by atoms with van der Waals surface area (Å²) in [4.78, 5) is 15.2. The molecule has 2 aromatic rings. The van der Waals surface area contributed by atoms with Crippen molar-refractivity contribution in [2.24, 2.45) is 0 Å². The molecule has 1 aromatic carbocycles. The fourth-order valence-electron chi connectivity index (χ4n) is 2.76. The maximum absolute atomic E-state index is 12.4. The summed E-state index contributed by atoms with van der Waals surface area (Å²) in [5, 5.41) is 3.49. The molecule has 0 aliphatic heterocycles. The van der Waals surface area contributed by atoms with Crippen LogP contribution in [-0.4, -0.2) is 41.2 Å². The summed E-state index contributed by atoms with van der Waals surface area (Å²) in [6.07, 6.45) is 2.19. The highest BCUT2D eigenvalue weighted by Gasteiger charge is 2.14. The first-order valence-electron chi connectivity index (χ1n) is 9.26. The van der Waals surface area contributed by atoms with Crippen LogP contribution in [0.25, 0.3) is 0 Å². The molecule has 0 aliphatic rings. The smallest absolute Gasteiger partial charge is 0.287 e. The highest BCUT2D eigenvalue weighted by atomic mass is 35.5. The Balaban J connectivity index is 1.84.